The van der Waals surface area contributed by atoms with Crippen molar-refractivity contribution in [1.82, 2.24) is 9.55 Å². The normalized spacial score (nSPS) is 39.6. The molecule has 0 amide bonds. The van der Waals surface area contributed by atoms with E-state index in [1.165, 1.54) is 12.8 Å². The van der Waals surface area contributed by atoms with Gasteiger partial charge in [-0.3, -0.25) is 14.6 Å². The Morgan fingerprint density at radius 1 is 0.917 bits per heavy atom. The molecule has 5 aliphatic carbocycles. The Hall–Kier alpha value is -2.15. The van der Waals surface area contributed by atoms with E-state index in [1.54, 1.807) is 23.3 Å². The molecule has 0 saturated heterocycles. The highest BCUT2D eigenvalue weighted by molar-refractivity contribution is 5.78. The van der Waals surface area contributed by atoms with E-state index in [-0.39, 0.29) is 56.3 Å². The highest BCUT2D eigenvalue weighted by Gasteiger charge is 2.69. The zero-order chi connectivity index (χ0) is 34.9. The first-order valence-electron chi connectivity index (χ1n) is 19.3. The molecule has 0 aliphatic heterocycles. The first-order chi connectivity index (χ1) is 22.4. The number of hydrogen-bond donors (Lipinski definition) is 2. The lowest BCUT2D eigenvalue weighted by molar-refractivity contribution is -0.206. The molecule has 5 aliphatic rings. The van der Waals surface area contributed by atoms with Crippen LogP contribution in [0.25, 0.3) is 0 Å². The van der Waals surface area contributed by atoms with Gasteiger partial charge in [0.1, 0.15) is 0 Å². The smallest absolute Gasteiger partial charge is 0.328 e. The van der Waals surface area contributed by atoms with Crippen molar-refractivity contribution in [3.05, 3.63) is 44.2 Å². The van der Waals surface area contributed by atoms with Crippen molar-refractivity contribution in [2.75, 3.05) is 6.61 Å². The summed E-state index contributed by atoms with van der Waals surface area (Å²) in [6, 6.07) is 0. The van der Waals surface area contributed by atoms with Crippen molar-refractivity contribution in [3.63, 3.8) is 0 Å². The Bertz CT molecular complexity index is 1550. The van der Waals surface area contributed by atoms with Gasteiger partial charge in [-0.1, -0.05) is 66.5 Å². The number of hydrogen-bond acceptors (Lipinski definition) is 5. The van der Waals surface area contributed by atoms with Crippen molar-refractivity contribution in [2.45, 2.75) is 158 Å². The van der Waals surface area contributed by atoms with Gasteiger partial charge in [-0.2, -0.15) is 0 Å². The number of aryl methyl sites for hydroxylation is 2. The summed E-state index contributed by atoms with van der Waals surface area (Å²) in [7, 11) is 0. The summed E-state index contributed by atoms with van der Waals surface area (Å²) in [6.07, 6.45) is 18.0. The fourth-order valence-electron chi connectivity index (χ4n) is 12.4. The van der Waals surface area contributed by atoms with Crippen LogP contribution in [0.4, 0.5) is 0 Å². The number of carbonyl (C=O) groups excluding carboxylic acids is 1. The van der Waals surface area contributed by atoms with Gasteiger partial charge in [0.2, 0.25) is 0 Å². The summed E-state index contributed by atoms with van der Waals surface area (Å²) in [5, 5.41) is 11.1. The molecule has 6 rings (SSSR count). The Labute approximate surface area is 288 Å². The van der Waals surface area contributed by atoms with E-state index < -0.39 is 5.41 Å². The van der Waals surface area contributed by atoms with Gasteiger partial charge in [-0.05, 0) is 135 Å². The summed E-state index contributed by atoms with van der Waals surface area (Å²) in [5.41, 5.74) is 1.61. The minimum atomic E-state index is -0.425. The van der Waals surface area contributed by atoms with Crippen molar-refractivity contribution >= 4 is 5.97 Å². The molecule has 0 unspecified atom stereocenters. The van der Waals surface area contributed by atoms with Gasteiger partial charge in [0, 0.05) is 18.3 Å². The molecule has 1 heterocycles. The van der Waals surface area contributed by atoms with E-state index in [0.29, 0.717) is 30.6 Å². The average Bonchev–Trinajstić information content (AvgIpc) is 3.01. The molecule has 4 saturated carbocycles. The van der Waals surface area contributed by atoms with Crippen LogP contribution < -0.4 is 11.2 Å². The van der Waals surface area contributed by atoms with E-state index >= 15 is 0 Å². The fourth-order valence-corrected chi connectivity index (χ4v) is 12.4. The standard InChI is InChI=1S/C41H64N2O5/c1-27-26-43(35(47)42-33(27)45)23-11-9-10-12-24-48-34(46)41-21-19-36(2,3)25-29(41)28-13-14-31-38(6)17-16-32(44)37(4,5)30(38)15-18-40(31,8)39(28,7)20-22-41/h13,26,29-32,44H,9-12,14-25H2,1-8H3,(H,42,45,47)/t29-,30-,31+,32-,38-,39+,40+,41-/m0/s1. The van der Waals surface area contributed by atoms with E-state index in [4.69, 9.17) is 4.74 Å². The molecule has 0 aromatic carbocycles. The van der Waals surface area contributed by atoms with Crippen molar-refractivity contribution in [2.24, 2.45) is 50.2 Å². The molecule has 2 N–H and O–H groups in total. The number of ether oxygens (including phenoxy) is 1. The van der Waals surface area contributed by atoms with Crippen molar-refractivity contribution in [3.8, 4) is 0 Å². The van der Waals surface area contributed by atoms with E-state index in [0.717, 1.165) is 77.0 Å². The second kappa shape index (κ2) is 12.3. The van der Waals surface area contributed by atoms with Gasteiger partial charge >= 0.3 is 11.7 Å². The Morgan fingerprint density at radius 2 is 1.62 bits per heavy atom. The van der Waals surface area contributed by atoms with Crippen LogP contribution >= 0.6 is 0 Å². The molecule has 1 aromatic rings. The number of carbonyl (C=O) groups is 1. The number of aromatic nitrogens is 2. The molecule has 0 bridgehead atoms. The number of rotatable bonds is 8. The maximum Gasteiger partial charge on any atom is 0.328 e. The first kappa shape index (κ1) is 35.7. The van der Waals surface area contributed by atoms with E-state index in [1.807, 2.05) is 0 Å². The fraction of sp³-hybridized carbons (Fsp3) is 0.829. The van der Waals surface area contributed by atoms with Crippen LogP contribution in [0.15, 0.2) is 27.4 Å². The highest BCUT2D eigenvalue weighted by atomic mass is 16.5. The SMILES string of the molecule is Cc1cn(CCCCCCOC(=O)[C@]23CCC(C)(C)C[C@H]2C2=CC[C@@H]4[C@@]5(C)CC[C@H](O)C(C)(C)[C@@H]5CC[C@@]4(C)[C@]2(C)CC3)c(=O)[nH]c1=O. The number of nitrogens with one attached hydrogen (secondary N) is 1. The third kappa shape index (κ3) is 5.51. The zero-order valence-electron chi connectivity index (χ0n) is 31.3. The summed E-state index contributed by atoms with van der Waals surface area (Å²) in [5.74, 6) is 1.39. The second-order valence-corrected chi connectivity index (χ2v) is 19.1. The topological polar surface area (TPSA) is 101 Å². The Balaban J connectivity index is 1.15. The number of nitrogens with zero attached hydrogens (tertiary/aromatic N) is 1. The van der Waals surface area contributed by atoms with Crippen molar-refractivity contribution < 1.29 is 14.6 Å². The predicted octanol–water partition coefficient (Wildman–Crippen LogP) is 8.11. The molecular weight excluding hydrogens is 600 g/mol. The third-order valence-corrected chi connectivity index (χ3v) is 15.7. The maximum absolute atomic E-state index is 14.3. The molecule has 7 heteroatoms. The number of H-pyrrole nitrogens is 1. The summed E-state index contributed by atoms with van der Waals surface area (Å²) in [6.45, 7) is 19.9. The van der Waals surface area contributed by atoms with Crippen LogP contribution in [0.2, 0.25) is 0 Å². The van der Waals surface area contributed by atoms with Crippen LogP contribution in [-0.2, 0) is 16.1 Å². The Kier molecular flexibility index (Phi) is 9.11. The zero-order valence-corrected chi connectivity index (χ0v) is 31.3. The minimum absolute atomic E-state index is 0.0344. The molecule has 1 aromatic heterocycles. The van der Waals surface area contributed by atoms with Gasteiger partial charge in [0.15, 0.2) is 0 Å². The van der Waals surface area contributed by atoms with Crippen LogP contribution in [0.1, 0.15) is 144 Å². The van der Waals surface area contributed by atoms with Gasteiger partial charge in [-0.25, -0.2) is 4.79 Å². The third-order valence-electron chi connectivity index (χ3n) is 15.7. The highest BCUT2D eigenvalue weighted by Crippen LogP contribution is 2.75. The van der Waals surface area contributed by atoms with Crippen molar-refractivity contribution in [1.29, 1.82) is 0 Å². The molecule has 4 fully saturated rings. The monoisotopic (exact) mass is 664 g/mol. The summed E-state index contributed by atoms with van der Waals surface area (Å²) >= 11 is 0. The average molecular weight is 665 g/mol. The Morgan fingerprint density at radius 3 is 2.38 bits per heavy atom. The minimum Gasteiger partial charge on any atom is -0.465 e. The van der Waals surface area contributed by atoms with Gasteiger partial charge in [0.05, 0.1) is 18.1 Å². The quantitative estimate of drug-likeness (QED) is 0.166. The largest absolute Gasteiger partial charge is 0.465 e. The van der Waals surface area contributed by atoms with Gasteiger partial charge in [0.25, 0.3) is 5.56 Å². The second-order valence-electron chi connectivity index (χ2n) is 19.1. The van der Waals surface area contributed by atoms with Crippen LogP contribution in [0.3, 0.4) is 0 Å². The number of allylic oxidation sites excluding steroid dienone is 2. The summed E-state index contributed by atoms with van der Waals surface area (Å²) in [4.78, 5) is 40.4. The number of aliphatic hydroxyl groups is 1. The first-order valence-corrected chi connectivity index (χ1v) is 19.3. The van der Waals surface area contributed by atoms with Crippen LogP contribution in [0.5, 0.6) is 0 Å². The van der Waals surface area contributed by atoms with Crippen LogP contribution in [-0.4, -0.2) is 33.3 Å². The molecule has 48 heavy (non-hydrogen) atoms. The number of esters is 1. The molecule has 0 spiro atoms. The van der Waals surface area contributed by atoms with E-state index in [2.05, 4.69) is 59.5 Å². The molecular formula is C41H64N2O5. The summed E-state index contributed by atoms with van der Waals surface area (Å²) < 4.78 is 7.78. The molecule has 0 radical (unpaired) electrons. The lowest BCUT2D eigenvalue weighted by atomic mass is 9.33. The lowest BCUT2D eigenvalue weighted by Gasteiger charge is -2.71. The van der Waals surface area contributed by atoms with Gasteiger partial charge in [-0.15, -0.1) is 0 Å². The van der Waals surface area contributed by atoms with Crippen LogP contribution in [0, 0.1) is 57.2 Å². The number of aliphatic hydroxyl groups excluding tert-OH is 1. The number of fused-ring (bicyclic) bond motifs is 7. The number of unbranched alkanes of at least 4 members (excludes halogenated alkanes) is 3. The molecule has 8 atom stereocenters. The maximum atomic E-state index is 14.3. The molecule has 268 valence electrons. The van der Waals surface area contributed by atoms with Gasteiger partial charge < -0.3 is 14.4 Å². The molecule has 7 nitrogen and oxygen atoms in total. The van der Waals surface area contributed by atoms with E-state index in [9.17, 15) is 19.5 Å². The predicted molar refractivity (Wildman–Crippen MR) is 191 cm³/mol. The lowest BCUT2D eigenvalue weighted by Crippen LogP contribution is -2.65. The number of aromatic amines is 1.